The van der Waals surface area contributed by atoms with Gasteiger partial charge in [-0.3, -0.25) is 0 Å². The van der Waals surface area contributed by atoms with Crippen LogP contribution in [0.2, 0.25) is 0 Å². The molecule has 0 saturated heterocycles. The second-order valence-corrected chi connectivity index (χ2v) is 2.63. The molecule has 12 heavy (non-hydrogen) atoms. The van der Waals surface area contributed by atoms with E-state index in [2.05, 4.69) is 0 Å². The largest absolute Gasteiger partial charge is 0.504 e. The number of rotatable bonds is 2. The van der Waals surface area contributed by atoms with Gasteiger partial charge in [0.05, 0.1) is 6.10 Å². The summed E-state index contributed by atoms with van der Waals surface area (Å²) >= 11 is 0. The van der Waals surface area contributed by atoms with Gasteiger partial charge in [-0.05, 0) is 24.6 Å². The molecule has 1 aromatic rings. The Morgan fingerprint density at radius 1 is 1.25 bits per heavy atom. The van der Waals surface area contributed by atoms with E-state index in [1.54, 1.807) is 13.2 Å². The Balaban J connectivity index is 2.96. The first-order chi connectivity index (χ1) is 5.65. The Morgan fingerprint density at radius 3 is 2.42 bits per heavy atom. The fourth-order valence-corrected chi connectivity index (χ4v) is 0.929. The lowest BCUT2D eigenvalue weighted by atomic mass is 10.1. The SMILES string of the molecule is COC(C)c1ccc(O)c(O)c1. The zero-order chi connectivity index (χ0) is 9.14. The van der Waals surface area contributed by atoms with Gasteiger partial charge in [0, 0.05) is 7.11 Å². The molecule has 1 aromatic carbocycles. The van der Waals surface area contributed by atoms with Crippen molar-refractivity contribution in [3.63, 3.8) is 0 Å². The van der Waals surface area contributed by atoms with Gasteiger partial charge in [0.25, 0.3) is 0 Å². The number of ether oxygens (including phenoxy) is 1. The predicted octanol–water partition coefficient (Wildman–Crippen LogP) is 1.81. The van der Waals surface area contributed by atoms with Crippen LogP contribution in [0.5, 0.6) is 11.5 Å². The van der Waals surface area contributed by atoms with E-state index in [1.807, 2.05) is 6.92 Å². The highest BCUT2D eigenvalue weighted by Crippen LogP contribution is 2.28. The minimum atomic E-state index is -0.114. The lowest BCUT2D eigenvalue weighted by molar-refractivity contribution is 0.119. The first-order valence-electron chi connectivity index (χ1n) is 3.70. The summed E-state index contributed by atoms with van der Waals surface area (Å²) in [6.07, 6.45) is -0.0727. The fourth-order valence-electron chi connectivity index (χ4n) is 0.929. The topological polar surface area (TPSA) is 49.7 Å². The third kappa shape index (κ3) is 1.68. The molecule has 1 unspecified atom stereocenters. The molecule has 0 radical (unpaired) electrons. The zero-order valence-corrected chi connectivity index (χ0v) is 7.11. The smallest absolute Gasteiger partial charge is 0.157 e. The Kier molecular flexibility index (Phi) is 2.55. The van der Waals surface area contributed by atoms with Crippen molar-refractivity contribution in [3.05, 3.63) is 23.8 Å². The van der Waals surface area contributed by atoms with E-state index in [1.165, 1.54) is 12.1 Å². The molecule has 3 nitrogen and oxygen atoms in total. The van der Waals surface area contributed by atoms with E-state index in [9.17, 15) is 0 Å². The van der Waals surface area contributed by atoms with Gasteiger partial charge in [-0.25, -0.2) is 0 Å². The first-order valence-corrected chi connectivity index (χ1v) is 3.70. The van der Waals surface area contributed by atoms with Crippen LogP contribution in [-0.2, 0) is 4.74 Å². The molecule has 0 heterocycles. The Bertz CT molecular complexity index is 270. The molecule has 3 heteroatoms. The average Bonchev–Trinajstić information content (AvgIpc) is 2.08. The highest BCUT2D eigenvalue weighted by molar-refractivity contribution is 5.41. The normalized spacial score (nSPS) is 12.8. The number of phenols is 2. The minimum Gasteiger partial charge on any atom is -0.504 e. The van der Waals surface area contributed by atoms with E-state index in [-0.39, 0.29) is 17.6 Å². The molecule has 0 bridgehead atoms. The van der Waals surface area contributed by atoms with Crippen LogP contribution in [0.15, 0.2) is 18.2 Å². The lowest BCUT2D eigenvalue weighted by Gasteiger charge is -2.09. The molecule has 0 saturated carbocycles. The summed E-state index contributed by atoms with van der Waals surface area (Å²) in [4.78, 5) is 0. The van der Waals surface area contributed by atoms with Gasteiger partial charge in [-0.2, -0.15) is 0 Å². The summed E-state index contributed by atoms with van der Waals surface area (Å²) in [6, 6.07) is 4.65. The summed E-state index contributed by atoms with van der Waals surface area (Å²) in [6.45, 7) is 1.87. The number of benzene rings is 1. The van der Waals surface area contributed by atoms with Crippen molar-refractivity contribution in [2.45, 2.75) is 13.0 Å². The summed E-state index contributed by atoms with van der Waals surface area (Å²) in [5, 5.41) is 18.1. The van der Waals surface area contributed by atoms with Crippen molar-refractivity contribution in [3.8, 4) is 11.5 Å². The molecule has 0 spiro atoms. The third-order valence-corrected chi connectivity index (χ3v) is 1.82. The van der Waals surface area contributed by atoms with E-state index in [0.717, 1.165) is 5.56 Å². The van der Waals surface area contributed by atoms with Crippen molar-refractivity contribution < 1.29 is 14.9 Å². The molecule has 0 aliphatic rings. The predicted molar refractivity (Wildman–Crippen MR) is 45.2 cm³/mol. The molecule has 1 atom stereocenters. The highest BCUT2D eigenvalue weighted by Gasteiger charge is 2.06. The molecule has 0 aliphatic heterocycles. The Morgan fingerprint density at radius 2 is 1.92 bits per heavy atom. The first kappa shape index (κ1) is 8.87. The summed E-state index contributed by atoms with van der Waals surface area (Å²) in [5.74, 6) is -0.224. The third-order valence-electron chi connectivity index (χ3n) is 1.82. The molecule has 1 rings (SSSR count). The van der Waals surface area contributed by atoms with Gasteiger partial charge in [0.15, 0.2) is 11.5 Å². The molecule has 2 N–H and O–H groups in total. The van der Waals surface area contributed by atoms with Gasteiger partial charge in [0.1, 0.15) is 0 Å². The van der Waals surface area contributed by atoms with Gasteiger partial charge in [-0.15, -0.1) is 0 Å². The van der Waals surface area contributed by atoms with Gasteiger partial charge < -0.3 is 14.9 Å². The van der Waals surface area contributed by atoms with Gasteiger partial charge >= 0.3 is 0 Å². The maximum Gasteiger partial charge on any atom is 0.157 e. The second kappa shape index (κ2) is 3.45. The van der Waals surface area contributed by atoms with Crippen LogP contribution < -0.4 is 0 Å². The molecule has 0 amide bonds. The second-order valence-electron chi connectivity index (χ2n) is 2.63. The van der Waals surface area contributed by atoms with Crippen LogP contribution in [0.4, 0.5) is 0 Å². The van der Waals surface area contributed by atoms with Gasteiger partial charge in [-0.1, -0.05) is 6.07 Å². The highest BCUT2D eigenvalue weighted by atomic mass is 16.5. The molecular weight excluding hydrogens is 156 g/mol. The maximum absolute atomic E-state index is 9.14. The van der Waals surface area contributed by atoms with Crippen LogP contribution >= 0.6 is 0 Å². The molecule has 0 aliphatic carbocycles. The van der Waals surface area contributed by atoms with Crippen molar-refractivity contribution in [2.75, 3.05) is 7.11 Å². The Labute approximate surface area is 71.2 Å². The van der Waals surface area contributed by atoms with E-state index < -0.39 is 0 Å². The summed E-state index contributed by atoms with van der Waals surface area (Å²) in [7, 11) is 1.59. The number of methoxy groups -OCH3 is 1. The van der Waals surface area contributed by atoms with Crippen molar-refractivity contribution in [1.82, 2.24) is 0 Å². The number of aromatic hydroxyl groups is 2. The van der Waals surface area contributed by atoms with Crippen LogP contribution in [-0.4, -0.2) is 17.3 Å². The van der Waals surface area contributed by atoms with Crippen LogP contribution in [0.25, 0.3) is 0 Å². The maximum atomic E-state index is 9.14. The molecule has 0 aromatic heterocycles. The molecule has 0 fully saturated rings. The number of hydrogen-bond donors (Lipinski definition) is 2. The van der Waals surface area contributed by atoms with E-state index in [4.69, 9.17) is 14.9 Å². The number of hydrogen-bond acceptors (Lipinski definition) is 3. The van der Waals surface area contributed by atoms with Crippen molar-refractivity contribution in [1.29, 1.82) is 0 Å². The van der Waals surface area contributed by atoms with Crippen LogP contribution in [0, 0.1) is 0 Å². The fraction of sp³-hybridized carbons (Fsp3) is 0.333. The van der Waals surface area contributed by atoms with Crippen molar-refractivity contribution >= 4 is 0 Å². The van der Waals surface area contributed by atoms with Crippen molar-refractivity contribution in [2.24, 2.45) is 0 Å². The van der Waals surface area contributed by atoms with Gasteiger partial charge in [0.2, 0.25) is 0 Å². The Hall–Kier alpha value is -1.22. The quantitative estimate of drug-likeness (QED) is 0.662. The van der Waals surface area contributed by atoms with Crippen LogP contribution in [0.3, 0.4) is 0 Å². The van der Waals surface area contributed by atoms with Crippen LogP contribution in [0.1, 0.15) is 18.6 Å². The average molecular weight is 168 g/mol. The standard InChI is InChI=1S/C9H12O3/c1-6(12-2)7-3-4-8(10)9(11)5-7/h3-6,10-11H,1-2H3. The molecular formula is C9H12O3. The monoisotopic (exact) mass is 168 g/mol. The molecule has 66 valence electrons. The zero-order valence-electron chi connectivity index (χ0n) is 7.11. The minimum absolute atomic E-state index is 0.0727. The summed E-state index contributed by atoms with van der Waals surface area (Å²) in [5.41, 5.74) is 0.841. The van der Waals surface area contributed by atoms with E-state index in [0.29, 0.717) is 0 Å². The lowest BCUT2D eigenvalue weighted by Crippen LogP contribution is -1.94. The van der Waals surface area contributed by atoms with E-state index >= 15 is 0 Å². The number of phenolic OH excluding ortho intramolecular Hbond substituents is 2. The summed E-state index contributed by atoms with van der Waals surface area (Å²) < 4.78 is 5.04.